The second-order valence-electron chi connectivity index (χ2n) is 10.2. The SMILES string of the molecule is COc1cc(C2C(=C([O-])c3ccc(OCC(C)C)cc3C)C(=O)C(=O)N2CC[NH+]2CCOCC2)ccc1O. The maximum absolute atomic E-state index is 13.9. The normalized spacial score (nSPS) is 19.8. The summed E-state index contributed by atoms with van der Waals surface area (Å²) < 4.78 is 16.5. The number of phenolic OH excluding ortho intramolecular Hbond substituents is 1. The summed E-state index contributed by atoms with van der Waals surface area (Å²) in [6.07, 6.45) is 0. The standard InChI is InChI=1S/C29H36N2O7/c1-18(2)17-38-21-6-7-22(19(3)15-21)27(33)25-26(20-5-8-23(32)24(16-20)36-4)31(29(35)28(25)34)10-9-30-11-13-37-14-12-30/h5-8,15-16,18,26,32-33H,9-14,17H2,1-4H3. The third-order valence-corrected chi connectivity index (χ3v) is 6.98. The minimum atomic E-state index is -0.895. The molecular formula is C29H36N2O7. The number of carbonyl (C=O) groups is 2. The average Bonchev–Trinajstić information content (AvgIpc) is 3.16. The Morgan fingerprint density at radius 3 is 2.58 bits per heavy atom. The lowest BCUT2D eigenvalue weighted by Crippen LogP contribution is -3.14. The van der Waals surface area contributed by atoms with Crippen molar-refractivity contribution >= 4 is 17.4 Å². The summed E-state index contributed by atoms with van der Waals surface area (Å²) >= 11 is 0. The van der Waals surface area contributed by atoms with Gasteiger partial charge in [-0.15, -0.1) is 0 Å². The number of aromatic hydroxyl groups is 1. The molecule has 0 bridgehead atoms. The van der Waals surface area contributed by atoms with E-state index in [-0.39, 0.29) is 17.1 Å². The number of hydrogen-bond acceptors (Lipinski definition) is 7. The van der Waals surface area contributed by atoms with E-state index in [1.54, 1.807) is 37.3 Å². The molecule has 204 valence electrons. The quantitative estimate of drug-likeness (QED) is 0.285. The van der Waals surface area contributed by atoms with E-state index in [4.69, 9.17) is 14.2 Å². The van der Waals surface area contributed by atoms with E-state index in [1.165, 1.54) is 23.0 Å². The molecule has 2 saturated heterocycles. The number of ether oxygens (including phenoxy) is 3. The number of hydrogen-bond donors (Lipinski definition) is 2. The largest absolute Gasteiger partial charge is 0.872 e. The maximum Gasteiger partial charge on any atom is 0.295 e. The fourth-order valence-electron chi connectivity index (χ4n) is 4.89. The topological polar surface area (TPSA) is 113 Å². The highest BCUT2D eigenvalue weighted by Crippen LogP contribution is 2.41. The lowest BCUT2D eigenvalue weighted by atomic mass is 9.93. The molecule has 9 nitrogen and oxygen atoms in total. The molecule has 0 saturated carbocycles. The molecule has 0 spiro atoms. The van der Waals surface area contributed by atoms with E-state index in [0.29, 0.717) is 61.3 Å². The number of amides is 1. The second-order valence-corrected chi connectivity index (χ2v) is 10.2. The van der Waals surface area contributed by atoms with Crippen LogP contribution < -0.4 is 19.5 Å². The van der Waals surface area contributed by atoms with Crippen molar-refractivity contribution in [2.24, 2.45) is 5.92 Å². The molecule has 4 rings (SSSR count). The zero-order valence-electron chi connectivity index (χ0n) is 22.4. The fraction of sp³-hybridized carbons (Fsp3) is 0.448. The first kappa shape index (κ1) is 27.5. The van der Waals surface area contributed by atoms with Crippen LogP contribution in [0.25, 0.3) is 5.76 Å². The summed E-state index contributed by atoms with van der Waals surface area (Å²) in [5, 5.41) is 24.0. The van der Waals surface area contributed by atoms with Crippen molar-refractivity contribution in [2.45, 2.75) is 26.8 Å². The van der Waals surface area contributed by atoms with Gasteiger partial charge < -0.3 is 34.2 Å². The molecule has 2 aromatic rings. The van der Waals surface area contributed by atoms with E-state index >= 15 is 0 Å². The molecule has 9 heteroatoms. The van der Waals surface area contributed by atoms with Gasteiger partial charge in [-0.3, -0.25) is 9.59 Å². The van der Waals surface area contributed by atoms with Gasteiger partial charge in [0.1, 0.15) is 18.8 Å². The number of rotatable bonds is 9. The number of carbonyl (C=O) groups excluding carboxylic acids is 2. The minimum Gasteiger partial charge on any atom is -0.872 e. The highest BCUT2D eigenvalue weighted by atomic mass is 16.5. The van der Waals surface area contributed by atoms with Crippen LogP contribution >= 0.6 is 0 Å². The van der Waals surface area contributed by atoms with Gasteiger partial charge in [0.15, 0.2) is 11.5 Å². The molecule has 1 amide bonds. The Bertz CT molecular complexity index is 1220. The second kappa shape index (κ2) is 11.9. The molecule has 0 radical (unpaired) electrons. The molecule has 38 heavy (non-hydrogen) atoms. The lowest BCUT2D eigenvalue weighted by molar-refractivity contribution is -0.907. The highest BCUT2D eigenvalue weighted by molar-refractivity contribution is 6.46. The van der Waals surface area contributed by atoms with Crippen LogP contribution in [0.2, 0.25) is 0 Å². The molecular weight excluding hydrogens is 488 g/mol. The predicted molar refractivity (Wildman–Crippen MR) is 139 cm³/mol. The molecule has 1 atom stereocenters. The van der Waals surface area contributed by atoms with E-state index in [9.17, 15) is 19.8 Å². The molecule has 2 aliphatic heterocycles. The third kappa shape index (κ3) is 5.79. The summed E-state index contributed by atoms with van der Waals surface area (Å²) in [6, 6.07) is 8.87. The Hall–Kier alpha value is -3.56. The maximum atomic E-state index is 13.9. The van der Waals surface area contributed by atoms with Gasteiger partial charge in [0.2, 0.25) is 5.78 Å². The summed E-state index contributed by atoms with van der Waals surface area (Å²) in [4.78, 5) is 29.4. The molecule has 2 aromatic carbocycles. The van der Waals surface area contributed by atoms with Crippen LogP contribution in [0, 0.1) is 12.8 Å². The van der Waals surface area contributed by atoms with Crippen molar-refractivity contribution in [3.63, 3.8) is 0 Å². The Labute approximate surface area is 223 Å². The van der Waals surface area contributed by atoms with Gasteiger partial charge in [-0.2, -0.15) is 0 Å². The van der Waals surface area contributed by atoms with Crippen molar-refractivity contribution in [3.8, 4) is 17.2 Å². The fourth-order valence-corrected chi connectivity index (χ4v) is 4.89. The number of quaternary nitrogens is 1. The van der Waals surface area contributed by atoms with Crippen molar-refractivity contribution in [2.75, 3.05) is 53.1 Å². The van der Waals surface area contributed by atoms with Crippen LogP contribution in [0.4, 0.5) is 0 Å². The van der Waals surface area contributed by atoms with Gasteiger partial charge in [0.25, 0.3) is 5.91 Å². The van der Waals surface area contributed by atoms with Gasteiger partial charge in [0.05, 0.1) is 46.1 Å². The van der Waals surface area contributed by atoms with E-state index in [0.717, 1.165) is 13.1 Å². The van der Waals surface area contributed by atoms with Crippen LogP contribution in [0.5, 0.6) is 17.2 Å². The van der Waals surface area contributed by atoms with Crippen LogP contribution in [0.15, 0.2) is 42.0 Å². The van der Waals surface area contributed by atoms with Crippen LogP contribution in [-0.4, -0.2) is 74.8 Å². The number of likely N-dealkylation sites (tertiary alicyclic amines) is 1. The number of ketones is 1. The Morgan fingerprint density at radius 2 is 1.92 bits per heavy atom. The van der Waals surface area contributed by atoms with Crippen LogP contribution in [0.3, 0.4) is 0 Å². The van der Waals surface area contributed by atoms with E-state index < -0.39 is 23.5 Å². The minimum absolute atomic E-state index is 0.0723. The van der Waals surface area contributed by atoms with Crippen molar-refractivity contribution < 1.29 is 38.9 Å². The van der Waals surface area contributed by atoms with Gasteiger partial charge in [-0.1, -0.05) is 31.7 Å². The molecule has 1 unspecified atom stereocenters. The Balaban J connectivity index is 1.75. The van der Waals surface area contributed by atoms with E-state index in [2.05, 4.69) is 13.8 Å². The monoisotopic (exact) mass is 524 g/mol. The van der Waals surface area contributed by atoms with Crippen molar-refractivity contribution in [3.05, 3.63) is 58.7 Å². The van der Waals surface area contributed by atoms with Gasteiger partial charge in [-0.05, 0) is 53.8 Å². The number of aryl methyl sites for hydroxylation is 1. The average molecular weight is 525 g/mol. The van der Waals surface area contributed by atoms with Crippen molar-refractivity contribution in [1.29, 1.82) is 0 Å². The number of nitrogens with zero attached hydrogens (tertiary/aromatic N) is 1. The first-order chi connectivity index (χ1) is 18.2. The number of methoxy groups -OCH3 is 1. The Kier molecular flexibility index (Phi) is 8.58. The molecule has 2 fully saturated rings. The molecule has 2 N–H and O–H groups in total. The Morgan fingerprint density at radius 1 is 1.18 bits per heavy atom. The molecule has 0 aliphatic carbocycles. The molecule has 0 aromatic heterocycles. The van der Waals surface area contributed by atoms with Crippen molar-refractivity contribution in [1.82, 2.24) is 4.90 Å². The number of morpholine rings is 1. The number of nitrogens with one attached hydrogen (secondary N) is 1. The van der Waals surface area contributed by atoms with Gasteiger partial charge >= 0.3 is 0 Å². The first-order valence-corrected chi connectivity index (χ1v) is 13.0. The lowest BCUT2D eigenvalue weighted by Gasteiger charge is -2.30. The molecule has 2 heterocycles. The summed E-state index contributed by atoms with van der Waals surface area (Å²) in [7, 11) is 1.42. The van der Waals surface area contributed by atoms with Crippen LogP contribution in [-0.2, 0) is 14.3 Å². The number of Topliss-reactive ketones (excluding diaryl/α,β-unsaturated/α-hetero) is 1. The zero-order chi connectivity index (χ0) is 27.4. The predicted octanol–water partition coefficient (Wildman–Crippen LogP) is 0.883. The first-order valence-electron chi connectivity index (χ1n) is 13.0. The highest BCUT2D eigenvalue weighted by Gasteiger charge is 2.44. The molecule has 2 aliphatic rings. The van der Waals surface area contributed by atoms with Gasteiger partial charge in [-0.25, -0.2) is 0 Å². The third-order valence-electron chi connectivity index (χ3n) is 6.98. The van der Waals surface area contributed by atoms with Gasteiger partial charge in [0, 0.05) is 5.57 Å². The number of benzene rings is 2. The summed E-state index contributed by atoms with van der Waals surface area (Å²) in [6.45, 7) is 10.3. The number of phenols is 1. The smallest absolute Gasteiger partial charge is 0.295 e. The summed E-state index contributed by atoms with van der Waals surface area (Å²) in [5.41, 5.74) is 1.42. The van der Waals surface area contributed by atoms with E-state index in [1.807, 2.05) is 0 Å². The van der Waals surface area contributed by atoms with Crippen LogP contribution in [0.1, 0.15) is 36.6 Å². The summed E-state index contributed by atoms with van der Waals surface area (Å²) in [5.74, 6) is -0.880. The zero-order valence-corrected chi connectivity index (χ0v) is 22.4.